The first-order valence-electron chi connectivity index (χ1n) is 9.46. The van der Waals surface area contributed by atoms with E-state index < -0.39 is 0 Å². The van der Waals surface area contributed by atoms with E-state index in [0.29, 0.717) is 12.0 Å². The Bertz CT molecular complexity index is 395. The average molecular weight is 468 g/mol. The first kappa shape index (κ1) is 22.9. The Morgan fingerprint density at radius 1 is 1.12 bits per heavy atom. The lowest BCUT2D eigenvalue weighted by atomic mass is 9.89. The molecule has 0 aliphatic carbocycles. The third-order valence-electron chi connectivity index (χ3n) is 5.39. The molecular formula is C18H37IN4O2. The standard InChI is InChI=1S/C18H36N4O2.HI/c1-5-15(6-2)16(22-7-9-23-10-8-22)11-20-17(19-4)21-12-18(3)13-24-14-18;/h15-16H,5-14H2,1-4H3,(H2,19,20,21);1H. The monoisotopic (exact) mass is 468 g/mol. The van der Waals surface area contributed by atoms with Gasteiger partial charge in [0.1, 0.15) is 0 Å². The summed E-state index contributed by atoms with van der Waals surface area (Å²) >= 11 is 0. The van der Waals surface area contributed by atoms with Gasteiger partial charge in [0.15, 0.2) is 5.96 Å². The van der Waals surface area contributed by atoms with E-state index in [2.05, 4.69) is 41.3 Å². The van der Waals surface area contributed by atoms with Crippen LogP contribution >= 0.6 is 24.0 Å². The van der Waals surface area contributed by atoms with E-state index in [1.165, 1.54) is 12.8 Å². The van der Waals surface area contributed by atoms with Crippen LogP contribution < -0.4 is 10.6 Å². The van der Waals surface area contributed by atoms with Gasteiger partial charge in [-0.25, -0.2) is 0 Å². The average Bonchev–Trinajstić information content (AvgIpc) is 2.60. The fraction of sp³-hybridized carbons (Fsp3) is 0.944. The molecule has 25 heavy (non-hydrogen) atoms. The van der Waals surface area contributed by atoms with Crippen LogP contribution in [0.15, 0.2) is 4.99 Å². The molecule has 1 unspecified atom stereocenters. The number of rotatable bonds is 8. The minimum Gasteiger partial charge on any atom is -0.380 e. The molecule has 0 aromatic carbocycles. The van der Waals surface area contributed by atoms with Gasteiger partial charge in [0, 0.05) is 44.7 Å². The van der Waals surface area contributed by atoms with Gasteiger partial charge in [0.25, 0.3) is 0 Å². The summed E-state index contributed by atoms with van der Waals surface area (Å²) in [7, 11) is 1.84. The van der Waals surface area contributed by atoms with E-state index in [4.69, 9.17) is 9.47 Å². The molecule has 0 saturated carbocycles. The Hall–Kier alpha value is -0.120. The molecule has 6 nitrogen and oxygen atoms in total. The van der Waals surface area contributed by atoms with Crippen LogP contribution in [0.3, 0.4) is 0 Å². The van der Waals surface area contributed by atoms with Gasteiger partial charge in [0.2, 0.25) is 0 Å². The fourth-order valence-corrected chi connectivity index (χ4v) is 3.61. The highest BCUT2D eigenvalue weighted by Gasteiger charge is 2.33. The highest BCUT2D eigenvalue weighted by atomic mass is 127. The molecule has 0 aromatic rings. The molecule has 1 atom stereocenters. The summed E-state index contributed by atoms with van der Waals surface area (Å²) in [4.78, 5) is 6.97. The number of aliphatic imine (C=N–C) groups is 1. The zero-order valence-electron chi connectivity index (χ0n) is 16.3. The van der Waals surface area contributed by atoms with E-state index in [0.717, 1.165) is 58.6 Å². The lowest BCUT2D eigenvalue weighted by molar-refractivity contribution is -0.0971. The quantitative estimate of drug-likeness (QED) is 0.324. The smallest absolute Gasteiger partial charge is 0.191 e. The second kappa shape index (κ2) is 11.6. The van der Waals surface area contributed by atoms with Crippen LogP contribution in [0.1, 0.15) is 33.6 Å². The van der Waals surface area contributed by atoms with E-state index >= 15 is 0 Å². The predicted octanol–water partition coefficient (Wildman–Crippen LogP) is 1.94. The maximum Gasteiger partial charge on any atom is 0.191 e. The number of nitrogens with zero attached hydrogens (tertiary/aromatic N) is 2. The van der Waals surface area contributed by atoms with Crippen molar-refractivity contribution in [1.82, 2.24) is 15.5 Å². The van der Waals surface area contributed by atoms with Crippen molar-refractivity contribution in [2.24, 2.45) is 16.3 Å². The number of hydrogen-bond acceptors (Lipinski definition) is 4. The Morgan fingerprint density at radius 3 is 2.24 bits per heavy atom. The topological polar surface area (TPSA) is 58.1 Å². The molecule has 2 aliphatic rings. The first-order chi connectivity index (χ1) is 11.6. The molecule has 0 spiro atoms. The van der Waals surface area contributed by atoms with Crippen LogP contribution in [-0.4, -0.2) is 76.6 Å². The maximum absolute atomic E-state index is 5.53. The molecule has 0 radical (unpaired) electrons. The largest absolute Gasteiger partial charge is 0.380 e. The van der Waals surface area contributed by atoms with E-state index in [1.807, 2.05) is 7.05 Å². The normalized spacial score (nSPS) is 22.0. The molecule has 0 amide bonds. The third-order valence-corrected chi connectivity index (χ3v) is 5.39. The minimum atomic E-state index is 0. The molecule has 148 valence electrons. The number of guanidine groups is 1. The fourth-order valence-electron chi connectivity index (χ4n) is 3.61. The van der Waals surface area contributed by atoms with E-state index in [-0.39, 0.29) is 29.4 Å². The summed E-state index contributed by atoms with van der Waals surface area (Å²) < 4.78 is 10.9. The van der Waals surface area contributed by atoms with Crippen LogP contribution in [0.5, 0.6) is 0 Å². The lowest BCUT2D eigenvalue weighted by Gasteiger charge is -2.40. The Balaban J connectivity index is 0.00000312. The number of halogens is 1. The van der Waals surface area contributed by atoms with Crippen LogP contribution in [0.2, 0.25) is 0 Å². The van der Waals surface area contributed by atoms with Crippen molar-refractivity contribution in [3.8, 4) is 0 Å². The molecule has 2 rings (SSSR count). The van der Waals surface area contributed by atoms with Crippen LogP contribution in [0.4, 0.5) is 0 Å². The Labute approximate surface area is 170 Å². The second-order valence-electron chi connectivity index (χ2n) is 7.40. The summed E-state index contributed by atoms with van der Waals surface area (Å²) in [6.07, 6.45) is 2.42. The summed E-state index contributed by atoms with van der Waals surface area (Å²) in [6, 6.07) is 0.532. The van der Waals surface area contributed by atoms with Crippen molar-refractivity contribution in [3.05, 3.63) is 0 Å². The van der Waals surface area contributed by atoms with Crippen LogP contribution in [0.25, 0.3) is 0 Å². The number of morpholine rings is 1. The third kappa shape index (κ3) is 6.84. The lowest BCUT2D eigenvalue weighted by Crippen LogP contribution is -2.55. The Morgan fingerprint density at radius 2 is 1.76 bits per heavy atom. The number of nitrogens with one attached hydrogen (secondary N) is 2. The highest BCUT2D eigenvalue weighted by molar-refractivity contribution is 14.0. The predicted molar refractivity (Wildman–Crippen MR) is 114 cm³/mol. The van der Waals surface area contributed by atoms with Gasteiger partial charge in [0.05, 0.1) is 26.4 Å². The second-order valence-corrected chi connectivity index (χ2v) is 7.40. The number of ether oxygens (including phenoxy) is 2. The van der Waals surface area contributed by atoms with Crippen molar-refractivity contribution < 1.29 is 9.47 Å². The first-order valence-corrected chi connectivity index (χ1v) is 9.46. The molecule has 7 heteroatoms. The van der Waals surface area contributed by atoms with Crippen molar-refractivity contribution in [2.45, 2.75) is 39.7 Å². The molecule has 2 N–H and O–H groups in total. The van der Waals surface area contributed by atoms with Crippen molar-refractivity contribution in [3.63, 3.8) is 0 Å². The van der Waals surface area contributed by atoms with Crippen molar-refractivity contribution >= 4 is 29.9 Å². The molecule has 2 fully saturated rings. The molecule has 0 bridgehead atoms. The zero-order chi connectivity index (χ0) is 17.4. The SMILES string of the molecule is CCC(CC)C(CNC(=NC)NCC1(C)COC1)N1CCOCC1.I. The molecule has 2 heterocycles. The van der Waals surface area contributed by atoms with Crippen molar-refractivity contribution in [2.75, 3.05) is 59.7 Å². The Kier molecular flexibility index (Phi) is 10.6. The van der Waals surface area contributed by atoms with Gasteiger partial charge in [-0.3, -0.25) is 9.89 Å². The van der Waals surface area contributed by atoms with Crippen LogP contribution in [-0.2, 0) is 9.47 Å². The highest BCUT2D eigenvalue weighted by Crippen LogP contribution is 2.25. The molecule has 2 aliphatic heterocycles. The maximum atomic E-state index is 5.53. The zero-order valence-corrected chi connectivity index (χ0v) is 18.7. The van der Waals surface area contributed by atoms with Gasteiger partial charge in [-0.05, 0) is 5.92 Å². The van der Waals surface area contributed by atoms with Gasteiger partial charge >= 0.3 is 0 Å². The van der Waals surface area contributed by atoms with Gasteiger partial charge in [-0.1, -0.05) is 33.6 Å². The summed E-state index contributed by atoms with van der Waals surface area (Å²) in [5.41, 5.74) is 0.247. The van der Waals surface area contributed by atoms with Gasteiger partial charge in [-0.2, -0.15) is 0 Å². The summed E-state index contributed by atoms with van der Waals surface area (Å²) in [5, 5.41) is 7.01. The van der Waals surface area contributed by atoms with Gasteiger partial charge in [-0.15, -0.1) is 24.0 Å². The van der Waals surface area contributed by atoms with Crippen molar-refractivity contribution in [1.29, 1.82) is 0 Å². The van der Waals surface area contributed by atoms with E-state index in [1.54, 1.807) is 0 Å². The molecule has 2 saturated heterocycles. The molecule has 0 aromatic heterocycles. The van der Waals surface area contributed by atoms with E-state index in [9.17, 15) is 0 Å². The van der Waals surface area contributed by atoms with Gasteiger partial charge < -0.3 is 20.1 Å². The minimum absolute atomic E-state index is 0. The molecular weight excluding hydrogens is 431 g/mol. The summed E-state index contributed by atoms with van der Waals surface area (Å²) in [6.45, 7) is 14.1. The van der Waals surface area contributed by atoms with Crippen LogP contribution in [0, 0.1) is 11.3 Å². The number of hydrogen-bond donors (Lipinski definition) is 2. The summed E-state index contributed by atoms with van der Waals surface area (Å²) in [5.74, 6) is 1.60.